The third kappa shape index (κ3) is 1.68. The van der Waals surface area contributed by atoms with Gasteiger partial charge in [0.25, 0.3) is 0 Å². The number of alkyl halides is 2. The highest BCUT2D eigenvalue weighted by Crippen LogP contribution is 2.25. The number of carbonyl (C=O) groups excluding carboxylic acids is 1. The SMILES string of the molecule is O=C1CCCC(Br)C1Cl. The molecule has 1 fully saturated rings. The van der Waals surface area contributed by atoms with Gasteiger partial charge in [-0.2, -0.15) is 0 Å². The van der Waals surface area contributed by atoms with Crippen molar-refractivity contribution in [1.29, 1.82) is 0 Å². The molecule has 1 aliphatic carbocycles. The molecule has 0 aromatic heterocycles. The maximum absolute atomic E-state index is 10.8. The van der Waals surface area contributed by atoms with Crippen LogP contribution in [0.5, 0.6) is 0 Å². The molecule has 1 nitrogen and oxygen atoms in total. The number of ketones is 1. The van der Waals surface area contributed by atoms with Crippen LogP contribution in [0.25, 0.3) is 0 Å². The Bertz CT molecular complexity index is 126. The summed E-state index contributed by atoms with van der Waals surface area (Å²) >= 11 is 9.06. The summed E-state index contributed by atoms with van der Waals surface area (Å²) in [5, 5.41) is -0.279. The van der Waals surface area contributed by atoms with Crippen LogP contribution < -0.4 is 0 Å². The average molecular weight is 211 g/mol. The predicted molar refractivity (Wildman–Crippen MR) is 41.2 cm³/mol. The number of hydrogen-bond acceptors (Lipinski definition) is 1. The van der Waals surface area contributed by atoms with Gasteiger partial charge in [-0.05, 0) is 12.8 Å². The van der Waals surface area contributed by atoms with Crippen LogP contribution in [0.3, 0.4) is 0 Å². The van der Waals surface area contributed by atoms with Gasteiger partial charge >= 0.3 is 0 Å². The van der Waals surface area contributed by atoms with Gasteiger partial charge in [0, 0.05) is 11.2 Å². The summed E-state index contributed by atoms with van der Waals surface area (Å²) in [5.74, 6) is 0.185. The van der Waals surface area contributed by atoms with Crippen LogP contribution in [0.15, 0.2) is 0 Å². The zero-order valence-corrected chi connectivity index (χ0v) is 7.28. The molecule has 0 heterocycles. The fraction of sp³-hybridized carbons (Fsp3) is 0.833. The number of Topliss-reactive ketones (excluding diaryl/α,β-unsaturated/α-hetero) is 1. The quantitative estimate of drug-likeness (QED) is 0.561. The number of rotatable bonds is 0. The highest BCUT2D eigenvalue weighted by Gasteiger charge is 2.27. The molecule has 0 aliphatic heterocycles. The molecule has 0 N–H and O–H groups in total. The third-order valence-electron chi connectivity index (χ3n) is 1.53. The Kier molecular flexibility index (Phi) is 2.53. The predicted octanol–water partition coefficient (Wildman–Crippen LogP) is 2.11. The van der Waals surface area contributed by atoms with E-state index in [-0.39, 0.29) is 16.0 Å². The molecule has 1 aliphatic rings. The Morgan fingerprint density at radius 3 is 2.78 bits per heavy atom. The lowest BCUT2D eigenvalue weighted by Gasteiger charge is -2.19. The molecule has 0 radical (unpaired) electrons. The molecule has 0 aromatic carbocycles. The maximum atomic E-state index is 10.8. The van der Waals surface area contributed by atoms with E-state index in [9.17, 15) is 4.79 Å². The van der Waals surface area contributed by atoms with Gasteiger partial charge in [0.15, 0.2) is 5.78 Å². The Hall–Kier alpha value is 0.440. The zero-order chi connectivity index (χ0) is 6.85. The molecule has 0 aromatic rings. The first-order valence-corrected chi connectivity index (χ1v) is 4.38. The minimum absolute atomic E-state index is 0.185. The maximum Gasteiger partial charge on any atom is 0.151 e. The van der Waals surface area contributed by atoms with E-state index < -0.39 is 0 Å². The van der Waals surface area contributed by atoms with Gasteiger partial charge in [0.05, 0.1) is 0 Å². The zero-order valence-electron chi connectivity index (χ0n) is 4.94. The molecule has 1 saturated carbocycles. The third-order valence-corrected chi connectivity index (χ3v) is 3.37. The van der Waals surface area contributed by atoms with Crippen molar-refractivity contribution in [2.75, 3.05) is 0 Å². The van der Waals surface area contributed by atoms with E-state index in [2.05, 4.69) is 15.9 Å². The van der Waals surface area contributed by atoms with Crippen molar-refractivity contribution in [1.82, 2.24) is 0 Å². The highest BCUT2D eigenvalue weighted by atomic mass is 79.9. The van der Waals surface area contributed by atoms with E-state index in [1.165, 1.54) is 0 Å². The monoisotopic (exact) mass is 210 g/mol. The molecule has 1 rings (SSSR count). The van der Waals surface area contributed by atoms with Crippen LogP contribution in [0.2, 0.25) is 0 Å². The molecule has 0 amide bonds. The Labute approximate surface area is 67.9 Å². The number of carbonyl (C=O) groups is 1. The minimum Gasteiger partial charge on any atom is -0.298 e. The molecule has 3 heteroatoms. The van der Waals surface area contributed by atoms with Crippen LogP contribution in [0.4, 0.5) is 0 Å². The van der Waals surface area contributed by atoms with Crippen molar-refractivity contribution in [3.8, 4) is 0 Å². The van der Waals surface area contributed by atoms with E-state index >= 15 is 0 Å². The van der Waals surface area contributed by atoms with Crippen LogP contribution in [-0.4, -0.2) is 16.0 Å². The molecule has 52 valence electrons. The molecule has 0 saturated heterocycles. The standard InChI is InChI=1S/C6H8BrClO/c7-4-2-1-3-5(9)6(4)8/h4,6H,1-3H2. The Balaban J connectivity index is 2.51. The lowest BCUT2D eigenvalue weighted by Crippen LogP contribution is -2.29. The van der Waals surface area contributed by atoms with Gasteiger partial charge in [-0.1, -0.05) is 15.9 Å². The molecule has 2 unspecified atom stereocenters. The fourth-order valence-corrected chi connectivity index (χ4v) is 1.81. The first kappa shape index (κ1) is 7.55. The summed E-state index contributed by atoms with van der Waals surface area (Å²) < 4.78 is 0. The summed E-state index contributed by atoms with van der Waals surface area (Å²) in [7, 11) is 0. The first-order valence-electron chi connectivity index (χ1n) is 3.02. The van der Waals surface area contributed by atoms with E-state index in [1.54, 1.807) is 0 Å². The smallest absolute Gasteiger partial charge is 0.151 e. The molecular weight excluding hydrogens is 203 g/mol. The summed E-state index contributed by atoms with van der Waals surface area (Å²) in [5.41, 5.74) is 0. The van der Waals surface area contributed by atoms with Gasteiger partial charge < -0.3 is 0 Å². The first-order chi connectivity index (χ1) is 4.22. The lowest BCUT2D eigenvalue weighted by molar-refractivity contribution is -0.119. The van der Waals surface area contributed by atoms with E-state index in [0.29, 0.717) is 6.42 Å². The normalized spacial score (nSPS) is 36.9. The van der Waals surface area contributed by atoms with E-state index in [0.717, 1.165) is 12.8 Å². The van der Waals surface area contributed by atoms with Crippen LogP contribution >= 0.6 is 27.5 Å². The summed E-state index contributed by atoms with van der Waals surface area (Å²) in [6.07, 6.45) is 2.67. The summed E-state index contributed by atoms with van der Waals surface area (Å²) in [4.78, 5) is 11.1. The van der Waals surface area contributed by atoms with Gasteiger partial charge in [0.2, 0.25) is 0 Å². The van der Waals surface area contributed by atoms with Gasteiger partial charge in [-0.3, -0.25) is 4.79 Å². The van der Waals surface area contributed by atoms with Crippen molar-refractivity contribution in [3.05, 3.63) is 0 Å². The van der Waals surface area contributed by atoms with Crippen LogP contribution in [0.1, 0.15) is 19.3 Å². The average Bonchev–Trinajstić information content (AvgIpc) is 1.83. The minimum atomic E-state index is -0.279. The van der Waals surface area contributed by atoms with Gasteiger partial charge in [0.1, 0.15) is 5.38 Å². The number of halogens is 2. The van der Waals surface area contributed by atoms with Crippen LogP contribution in [-0.2, 0) is 4.79 Å². The molecule has 9 heavy (non-hydrogen) atoms. The molecular formula is C6H8BrClO. The van der Waals surface area contributed by atoms with Gasteiger partial charge in [-0.25, -0.2) is 0 Å². The molecule has 0 spiro atoms. The second kappa shape index (κ2) is 3.02. The molecule has 2 atom stereocenters. The summed E-state index contributed by atoms with van der Waals surface area (Å²) in [6.45, 7) is 0. The van der Waals surface area contributed by atoms with Crippen LogP contribution in [0, 0.1) is 0 Å². The van der Waals surface area contributed by atoms with E-state index in [1.807, 2.05) is 0 Å². The van der Waals surface area contributed by atoms with Gasteiger partial charge in [-0.15, -0.1) is 11.6 Å². The van der Waals surface area contributed by atoms with Crippen molar-refractivity contribution in [3.63, 3.8) is 0 Å². The van der Waals surface area contributed by atoms with Crippen molar-refractivity contribution < 1.29 is 4.79 Å². The Morgan fingerprint density at radius 1 is 1.67 bits per heavy atom. The second-order valence-corrected chi connectivity index (χ2v) is 3.92. The second-order valence-electron chi connectivity index (χ2n) is 2.28. The fourth-order valence-electron chi connectivity index (χ4n) is 0.957. The van der Waals surface area contributed by atoms with Crippen molar-refractivity contribution >= 4 is 33.3 Å². The van der Waals surface area contributed by atoms with Crippen molar-refractivity contribution in [2.24, 2.45) is 0 Å². The largest absolute Gasteiger partial charge is 0.298 e. The highest BCUT2D eigenvalue weighted by molar-refractivity contribution is 9.09. The topological polar surface area (TPSA) is 17.1 Å². The summed E-state index contributed by atoms with van der Waals surface area (Å²) in [6, 6.07) is 0. The Morgan fingerprint density at radius 2 is 2.33 bits per heavy atom. The lowest BCUT2D eigenvalue weighted by atomic mass is 9.99. The molecule has 0 bridgehead atoms. The van der Waals surface area contributed by atoms with E-state index in [4.69, 9.17) is 11.6 Å². The van der Waals surface area contributed by atoms with Crippen molar-refractivity contribution in [2.45, 2.75) is 29.5 Å². The number of hydrogen-bond donors (Lipinski definition) is 0.